The number of amides is 1. The van der Waals surface area contributed by atoms with Crippen LogP contribution in [0.25, 0.3) is 0 Å². The molecule has 0 aliphatic rings. The summed E-state index contributed by atoms with van der Waals surface area (Å²) in [6, 6.07) is 3.84. The number of carbonyl (C=O) groups is 3. The maximum absolute atomic E-state index is 11.8. The number of alkyl carbamates (subject to hydrolysis) is 1. The Hall–Kier alpha value is -2.77. The molecule has 1 aromatic rings. The van der Waals surface area contributed by atoms with Gasteiger partial charge >= 0.3 is 18.0 Å². The third-order valence-corrected chi connectivity index (χ3v) is 3.20. The molecule has 8 heteroatoms. The minimum absolute atomic E-state index is 0.00355. The van der Waals surface area contributed by atoms with Crippen LogP contribution in [0.4, 0.5) is 4.79 Å². The predicted molar refractivity (Wildman–Crippen MR) is 93.0 cm³/mol. The lowest BCUT2D eigenvalue weighted by molar-refractivity contribution is -0.142. The third-order valence-electron chi connectivity index (χ3n) is 3.20. The fourth-order valence-corrected chi connectivity index (χ4v) is 2.14. The van der Waals surface area contributed by atoms with Crippen molar-refractivity contribution in [1.82, 2.24) is 5.32 Å². The molecule has 0 saturated carbocycles. The molecule has 1 rings (SSSR count). The second-order valence-corrected chi connectivity index (χ2v) is 6.67. The van der Waals surface area contributed by atoms with Crippen molar-refractivity contribution in [2.45, 2.75) is 52.4 Å². The second kappa shape index (κ2) is 9.07. The summed E-state index contributed by atoms with van der Waals surface area (Å²) in [4.78, 5) is 34.3. The van der Waals surface area contributed by atoms with Crippen LogP contribution in [0.1, 0.15) is 38.8 Å². The van der Waals surface area contributed by atoms with E-state index in [1.165, 1.54) is 14.0 Å². The van der Waals surface area contributed by atoms with Gasteiger partial charge in [-0.15, -0.1) is 0 Å². The lowest BCUT2D eigenvalue weighted by atomic mass is 10.0. The van der Waals surface area contributed by atoms with Crippen LogP contribution in [0.2, 0.25) is 0 Å². The Balaban J connectivity index is 2.91. The summed E-state index contributed by atoms with van der Waals surface area (Å²) in [5.41, 5.74) is 0.503. The number of carboxylic acids is 1. The highest BCUT2D eigenvalue weighted by molar-refractivity contribution is 5.80. The quantitative estimate of drug-likeness (QED) is 0.711. The van der Waals surface area contributed by atoms with Crippen LogP contribution in [0, 0.1) is 0 Å². The molecule has 0 radical (unpaired) electrons. The van der Waals surface area contributed by atoms with Crippen molar-refractivity contribution < 1.29 is 33.7 Å². The number of aliphatic carboxylic acids is 1. The topological polar surface area (TPSA) is 111 Å². The molecule has 0 bridgehead atoms. The van der Waals surface area contributed by atoms with Gasteiger partial charge in [0.25, 0.3) is 0 Å². The number of benzene rings is 1. The van der Waals surface area contributed by atoms with E-state index in [0.717, 1.165) is 0 Å². The van der Waals surface area contributed by atoms with Gasteiger partial charge < -0.3 is 24.6 Å². The molecule has 0 saturated heterocycles. The fourth-order valence-electron chi connectivity index (χ4n) is 2.14. The summed E-state index contributed by atoms with van der Waals surface area (Å²) in [7, 11) is 1.48. The summed E-state index contributed by atoms with van der Waals surface area (Å²) < 4.78 is 15.3. The first-order valence-corrected chi connectivity index (χ1v) is 8.03. The Bertz CT molecular complexity index is 664. The number of carboxylic acid groups (broad SMARTS) is 1. The highest BCUT2D eigenvalue weighted by atomic mass is 16.6. The van der Waals surface area contributed by atoms with E-state index in [9.17, 15) is 19.5 Å². The first kappa shape index (κ1) is 21.3. The van der Waals surface area contributed by atoms with Gasteiger partial charge in [0.1, 0.15) is 24.0 Å². The maximum Gasteiger partial charge on any atom is 0.408 e. The zero-order chi connectivity index (χ0) is 19.9. The van der Waals surface area contributed by atoms with Crippen LogP contribution in [-0.2, 0) is 32.1 Å². The van der Waals surface area contributed by atoms with Crippen LogP contribution in [-0.4, -0.2) is 41.9 Å². The summed E-state index contributed by atoms with van der Waals surface area (Å²) in [6.45, 7) is 6.36. The van der Waals surface area contributed by atoms with Gasteiger partial charge in [0.05, 0.1) is 7.11 Å². The molecular formula is C18H25NO7. The van der Waals surface area contributed by atoms with E-state index >= 15 is 0 Å². The average Bonchev–Trinajstić information content (AvgIpc) is 2.50. The number of hydrogen-bond donors (Lipinski definition) is 2. The maximum atomic E-state index is 11.8. The molecule has 0 fully saturated rings. The summed E-state index contributed by atoms with van der Waals surface area (Å²) in [5.74, 6) is -1.11. The van der Waals surface area contributed by atoms with Crippen LogP contribution in [0.15, 0.2) is 18.2 Å². The number of methoxy groups -OCH3 is 1. The Morgan fingerprint density at radius 1 is 1.23 bits per heavy atom. The van der Waals surface area contributed by atoms with Gasteiger partial charge in [-0.2, -0.15) is 0 Å². The molecule has 8 nitrogen and oxygen atoms in total. The van der Waals surface area contributed by atoms with Gasteiger partial charge in [-0.25, -0.2) is 9.59 Å². The molecule has 2 N–H and O–H groups in total. The van der Waals surface area contributed by atoms with Crippen LogP contribution in [0.5, 0.6) is 5.75 Å². The largest absolute Gasteiger partial charge is 0.496 e. The number of ether oxygens (including phenoxy) is 3. The van der Waals surface area contributed by atoms with Gasteiger partial charge in [-0.3, -0.25) is 4.79 Å². The van der Waals surface area contributed by atoms with Gasteiger partial charge in [0.2, 0.25) is 0 Å². The van der Waals surface area contributed by atoms with Crippen molar-refractivity contribution >= 4 is 18.0 Å². The first-order valence-electron chi connectivity index (χ1n) is 8.03. The number of rotatable bonds is 7. The zero-order valence-electron chi connectivity index (χ0n) is 15.6. The molecule has 144 valence electrons. The molecule has 0 heterocycles. The van der Waals surface area contributed by atoms with Gasteiger partial charge in [0, 0.05) is 18.9 Å². The minimum Gasteiger partial charge on any atom is -0.496 e. The van der Waals surface area contributed by atoms with E-state index in [2.05, 4.69) is 5.32 Å². The Labute approximate surface area is 152 Å². The fraction of sp³-hybridized carbons (Fsp3) is 0.500. The molecule has 0 aliphatic heterocycles. The Morgan fingerprint density at radius 3 is 2.38 bits per heavy atom. The number of hydrogen-bond acceptors (Lipinski definition) is 6. The van der Waals surface area contributed by atoms with Gasteiger partial charge in [-0.1, -0.05) is 6.07 Å². The number of esters is 1. The lowest BCUT2D eigenvalue weighted by Gasteiger charge is -2.22. The van der Waals surface area contributed by atoms with Crippen LogP contribution in [0.3, 0.4) is 0 Å². The smallest absolute Gasteiger partial charge is 0.408 e. The minimum atomic E-state index is -1.19. The summed E-state index contributed by atoms with van der Waals surface area (Å²) in [5, 5.41) is 11.7. The molecule has 0 aromatic heterocycles. The summed E-state index contributed by atoms with van der Waals surface area (Å²) in [6.07, 6.45) is -0.774. The van der Waals surface area contributed by atoms with Crippen molar-refractivity contribution in [2.75, 3.05) is 7.11 Å². The van der Waals surface area contributed by atoms with E-state index in [-0.39, 0.29) is 13.0 Å². The number of carbonyl (C=O) groups excluding carboxylic acids is 2. The van der Waals surface area contributed by atoms with Crippen LogP contribution >= 0.6 is 0 Å². The Morgan fingerprint density at radius 2 is 1.88 bits per heavy atom. The standard InChI is InChI=1S/C18H25NO7/c1-11(20)25-10-13-8-12(6-7-15(13)24-5)9-14(16(21)22)19-17(23)26-18(2,3)4/h6-8,14H,9-10H2,1-5H3,(H,19,23)(H,21,22). The highest BCUT2D eigenvalue weighted by Gasteiger charge is 2.24. The highest BCUT2D eigenvalue weighted by Crippen LogP contribution is 2.22. The molecular weight excluding hydrogens is 342 g/mol. The zero-order valence-corrected chi connectivity index (χ0v) is 15.6. The van der Waals surface area contributed by atoms with Crippen molar-refractivity contribution in [3.63, 3.8) is 0 Å². The normalized spacial score (nSPS) is 12.0. The molecule has 0 aliphatic carbocycles. The molecule has 26 heavy (non-hydrogen) atoms. The van der Waals surface area contributed by atoms with Crippen molar-refractivity contribution in [1.29, 1.82) is 0 Å². The molecule has 1 amide bonds. The van der Waals surface area contributed by atoms with Crippen molar-refractivity contribution in [3.8, 4) is 5.75 Å². The molecule has 1 aromatic carbocycles. The number of nitrogens with one attached hydrogen (secondary N) is 1. The molecule has 0 spiro atoms. The SMILES string of the molecule is COc1ccc(CC(NC(=O)OC(C)(C)C)C(=O)O)cc1COC(C)=O. The van der Waals surface area contributed by atoms with Crippen LogP contribution < -0.4 is 10.1 Å². The van der Waals surface area contributed by atoms with Crippen molar-refractivity contribution in [2.24, 2.45) is 0 Å². The Kier molecular flexibility index (Phi) is 7.42. The molecule has 1 atom stereocenters. The van der Waals surface area contributed by atoms with E-state index in [1.807, 2.05) is 0 Å². The summed E-state index contributed by atoms with van der Waals surface area (Å²) >= 11 is 0. The average molecular weight is 367 g/mol. The molecule has 1 unspecified atom stereocenters. The van der Waals surface area contributed by atoms with Gasteiger partial charge in [-0.05, 0) is 38.5 Å². The van der Waals surface area contributed by atoms with E-state index in [1.54, 1.807) is 39.0 Å². The van der Waals surface area contributed by atoms with E-state index in [4.69, 9.17) is 14.2 Å². The first-order chi connectivity index (χ1) is 12.0. The van der Waals surface area contributed by atoms with Gasteiger partial charge in [0.15, 0.2) is 0 Å². The van der Waals surface area contributed by atoms with E-state index < -0.39 is 29.7 Å². The second-order valence-electron chi connectivity index (χ2n) is 6.67. The predicted octanol–water partition coefficient (Wildman–Crippen LogP) is 2.28. The van der Waals surface area contributed by atoms with E-state index in [0.29, 0.717) is 16.9 Å². The monoisotopic (exact) mass is 367 g/mol. The lowest BCUT2D eigenvalue weighted by Crippen LogP contribution is -2.44. The van der Waals surface area contributed by atoms with Crippen molar-refractivity contribution in [3.05, 3.63) is 29.3 Å². The third kappa shape index (κ3) is 7.42.